The standard InChI is InChI=1S/C14H17NOS/c16-6-1-2-12-5-7-17-14(12)10-15-9-11-3-4-13(15)8-11/h5,7,11,13,16H,3-4,6,8-10H2. The minimum atomic E-state index is -0.0519. The molecule has 3 rings (SSSR count). The van der Waals surface area contributed by atoms with Gasteiger partial charge >= 0.3 is 0 Å². The summed E-state index contributed by atoms with van der Waals surface area (Å²) in [5.41, 5.74) is 1.10. The van der Waals surface area contributed by atoms with E-state index < -0.39 is 0 Å². The van der Waals surface area contributed by atoms with E-state index in [1.807, 2.05) is 0 Å². The maximum absolute atomic E-state index is 8.75. The average Bonchev–Trinajstić information content (AvgIpc) is 3.02. The molecule has 2 aliphatic rings. The Morgan fingerprint density at radius 2 is 2.41 bits per heavy atom. The molecular formula is C14H17NOS. The molecule has 1 aromatic rings. The second kappa shape index (κ2) is 4.81. The fourth-order valence-corrected chi connectivity index (χ4v) is 3.97. The SMILES string of the molecule is OCC#Cc1ccsc1CN1CC2CCC1C2. The van der Waals surface area contributed by atoms with Crippen molar-refractivity contribution in [3.05, 3.63) is 21.9 Å². The Balaban J connectivity index is 1.71. The van der Waals surface area contributed by atoms with Crippen molar-refractivity contribution in [3.63, 3.8) is 0 Å². The molecule has 2 bridgehead atoms. The van der Waals surface area contributed by atoms with Crippen molar-refractivity contribution in [1.82, 2.24) is 4.90 Å². The third-order valence-corrected chi connectivity index (χ3v) is 4.82. The molecule has 1 aromatic heterocycles. The Morgan fingerprint density at radius 1 is 1.47 bits per heavy atom. The maximum atomic E-state index is 8.75. The molecule has 2 fully saturated rings. The van der Waals surface area contributed by atoms with Crippen LogP contribution in [0.3, 0.4) is 0 Å². The third-order valence-electron chi connectivity index (χ3n) is 3.92. The number of thiophene rings is 1. The van der Waals surface area contributed by atoms with E-state index in [1.165, 1.54) is 30.7 Å². The molecule has 0 amide bonds. The molecule has 3 heteroatoms. The molecular weight excluding hydrogens is 230 g/mol. The summed E-state index contributed by atoms with van der Waals surface area (Å²) in [6.07, 6.45) is 4.22. The van der Waals surface area contributed by atoms with Crippen molar-refractivity contribution >= 4 is 11.3 Å². The van der Waals surface area contributed by atoms with Gasteiger partial charge in [0.2, 0.25) is 0 Å². The zero-order valence-electron chi connectivity index (χ0n) is 9.85. The Bertz CT molecular complexity index is 456. The number of nitrogens with zero attached hydrogens (tertiary/aromatic N) is 1. The summed E-state index contributed by atoms with van der Waals surface area (Å²) in [5, 5.41) is 10.8. The van der Waals surface area contributed by atoms with Crippen molar-refractivity contribution in [2.75, 3.05) is 13.2 Å². The molecule has 2 atom stereocenters. The van der Waals surface area contributed by atoms with Crippen molar-refractivity contribution in [2.24, 2.45) is 5.92 Å². The van der Waals surface area contributed by atoms with Gasteiger partial charge in [0.25, 0.3) is 0 Å². The van der Waals surface area contributed by atoms with Crippen LogP contribution >= 0.6 is 11.3 Å². The topological polar surface area (TPSA) is 23.5 Å². The minimum Gasteiger partial charge on any atom is -0.384 e. The Morgan fingerprint density at radius 3 is 3.12 bits per heavy atom. The highest BCUT2D eigenvalue weighted by molar-refractivity contribution is 7.10. The summed E-state index contributed by atoms with van der Waals surface area (Å²) in [6.45, 7) is 2.27. The first-order valence-corrected chi connectivity index (χ1v) is 7.15. The fraction of sp³-hybridized carbons (Fsp3) is 0.571. The molecule has 1 N–H and O–H groups in total. The maximum Gasteiger partial charge on any atom is 0.104 e. The van der Waals surface area contributed by atoms with E-state index in [2.05, 4.69) is 28.2 Å². The van der Waals surface area contributed by atoms with Crippen LogP contribution in [0.2, 0.25) is 0 Å². The van der Waals surface area contributed by atoms with Gasteiger partial charge in [0.15, 0.2) is 0 Å². The second-order valence-electron chi connectivity index (χ2n) is 4.98. The molecule has 1 saturated carbocycles. The molecule has 90 valence electrons. The third kappa shape index (κ3) is 2.26. The van der Waals surface area contributed by atoms with Gasteiger partial charge in [0.1, 0.15) is 6.61 Å². The largest absolute Gasteiger partial charge is 0.384 e. The first-order valence-electron chi connectivity index (χ1n) is 6.27. The molecule has 0 aromatic carbocycles. The van der Waals surface area contributed by atoms with Gasteiger partial charge < -0.3 is 5.11 Å². The van der Waals surface area contributed by atoms with Gasteiger partial charge in [0, 0.05) is 29.6 Å². The molecule has 17 heavy (non-hydrogen) atoms. The highest BCUT2D eigenvalue weighted by Gasteiger charge is 2.37. The number of aliphatic hydroxyl groups is 1. The summed E-state index contributed by atoms with van der Waals surface area (Å²) >= 11 is 1.79. The number of rotatable bonds is 2. The van der Waals surface area contributed by atoms with Gasteiger partial charge in [-0.2, -0.15) is 0 Å². The minimum absolute atomic E-state index is 0.0519. The second-order valence-corrected chi connectivity index (χ2v) is 5.98. The van der Waals surface area contributed by atoms with Gasteiger partial charge in [0.05, 0.1) is 0 Å². The lowest BCUT2D eigenvalue weighted by Gasteiger charge is -2.26. The number of hydrogen-bond donors (Lipinski definition) is 1. The van der Waals surface area contributed by atoms with E-state index in [1.54, 1.807) is 11.3 Å². The lowest BCUT2D eigenvalue weighted by Crippen LogP contribution is -2.31. The summed E-state index contributed by atoms with van der Waals surface area (Å²) in [4.78, 5) is 3.97. The first kappa shape index (κ1) is 11.3. The Kier molecular flexibility index (Phi) is 3.19. The molecule has 1 saturated heterocycles. The lowest BCUT2D eigenvalue weighted by molar-refractivity contribution is 0.207. The highest BCUT2D eigenvalue weighted by atomic mass is 32.1. The van der Waals surface area contributed by atoms with E-state index in [9.17, 15) is 0 Å². The van der Waals surface area contributed by atoms with Crippen LogP contribution < -0.4 is 0 Å². The van der Waals surface area contributed by atoms with E-state index in [-0.39, 0.29) is 6.61 Å². The first-order chi connectivity index (χ1) is 8.36. The van der Waals surface area contributed by atoms with Gasteiger partial charge in [-0.1, -0.05) is 11.8 Å². The Hall–Kier alpha value is -0.820. The van der Waals surface area contributed by atoms with Gasteiger partial charge in [-0.25, -0.2) is 0 Å². The van der Waals surface area contributed by atoms with Crippen molar-refractivity contribution in [3.8, 4) is 11.8 Å². The zero-order valence-corrected chi connectivity index (χ0v) is 10.7. The summed E-state index contributed by atoms with van der Waals surface area (Å²) in [7, 11) is 0. The van der Waals surface area contributed by atoms with Crippen LogP contribution in [0.15, 0.2) is 11.4 Å². The van der Waals surface area contributed by atoms with E-state index in [4.69, 9.17) is 5.11 Å². The fourth-order valence-electron chi connectivity index (χ4n) is 3.11. The predicted octanol–water partition coefficient (Wildman–Crippen LogP) is 2.08. The van der Waals surface area contributed by atoms with Crippen LogP contribution in [0.5, 0.6) is 0 Å². The molecule has 2 heterocycles. The average molecular weight is 247 g/mol. The Labute approximate surface area is 106 Å². The predicted molar refractivity (Wildman–Crippen MR) is 69.8 cm³/mol. The molecule has 1 aliphatic carbocycles. The van der Waals surface area contributed by atoms with Crippen LogP contribution in [0.1, 0.15) is 29.7 Å². The lowest BCUT2D eigenvalue weighted by atomic mass is 10.1. The van der Waals surface area contributed by atoms with Crippen LogP contribution in [0, 0.1) is 17.8 Å². The van der Waals surface area contributed by atoms with Crippen LogP contribution in [-0.4, -0.2) is 29.2 Å². The van der Waals surface area contributed by atoms with E-state index in [0.29, 0.717) is 0 Å². The van der Waals surface area contributed by atoms with Crippen LogP contribution in [-0.2, 0) is 6.54 Å². The number of aliphatic hydroxyl groups excluding tert-OH is 1. The summed E-state index contributed by atoms with van der Waals surface area (Å²) in [5.74, 6) is 6.74. The molecule has 0 radical (unpaired) electrons. The number of piperidine rings is 1. The highest BCUT2D eigenvalue weighted by Crippen LogP contribution is 2.38. The summed E-state index contributed by atoms with van der Waals surface area (Å²) < 4.78 is 0. The van der Waals surface area contributed by atoms with Gasteiger partial charge in [-0.05, 0) is 36.6 Å². The summed E-state index contributed by atoms with van der Waals surface area (Å²) in [6, 6.07) is 2.89. The smallest absolute Gasteiger partial charge is 0.104 e. The molecule has 2 unspecified atom stereocenters. The van der Waals surface area contributed by atoms with Crippen LogP contribution in [0.25, 0.3) is 0 Å². The van der Waals surface area contributed by atoms with E-state index >= 15 is 0 Å². The van der Waals surface area contributed by atoms with Gasteiger partial charge in [-0.3, -0.25) is 4.90 Å². The van der Waals surface area contributed by atoms with Crippen LogP contribution in [0.4, 0.5) is 0 Å². The molecule has 2 nitrogen and oxygen atoms in total. The quantitative estimate of drug-likeness (QED) is 0.809. The number of fused-ring (bicyclic) bond motifs is 2. The molecule has 0 spiro atoms. The number of likely N-dealkylation sites (tertiary alicyclic amines) is 1. The van der Waals surface area contributed by atoms with Crippen molar-refractivity contribution in [2.45, 2.75) is 31.8 Å². The zero-order chi connectivity index (χ0) is 11.7. The van der Waals surface area contributed by atoms with Crippen molar-refractivity contribution < 1.29 is 5.11 Å². The van der Waals surface area contributed by atoms with Gasteiger partial charge in [-0.15, -0.1) is 11.3 Å². The monoisotopic (exact) mass is 247 g/mol. The molecule has 1 aliphatic heterocycles. The van der Waals surface area contributed by atoms with Crippen molar-refractivity contribution in [1.29, 1.82) is 0 Å². The normalized spacial score (nSPS) is 27.1. The van der Waals surface area contributed by atoms with E-state index in [0.717, 1.165) is 24.1 Å². The number of hydrogen-bond acceptors (Lipinski definition) is 3.